The minimum atomic E-state index is -4.47. The van der Waals surface area contributed by atoms with Gasteiger partial charge in [-0.05, 0) is 42.3 Å². The summed E-state index contributed by atoms with van der Waals surface area (Å²) < 4.78 is 42.1. The van der Waals surface area contributed by atoms with Crippen LogP contribution < -0.4 is 0 Å². The number of carbonyl (C=O) groups is 1. The zero-order chi connectivity index (χ0) is 23.3. The Morgan fingerprint density at radius 2 is 2.06 bits per heavy atom. The van der Waals surface area contributed by atoms with Gasteiger partial charge < -0.3 is 9.88 Å². The zero-order valence-electron chi connectivity index (χ0n) is 17.8. The van der Waals surface area contributed by atoms with Crippen LogP contribution in [0.1, 0.15) is 16.8 Å². The Morgan fingerprint density at radius 3 is 2.82 bits per heavy atom. The van der Waals surface area contributed by atoms with Crippen LogP contribution >= 0.6 is 0 Å². The van der Waals surface area contributed by atoms with E-state index >= 15 is 0 Å². The van der Waals surface area contributed by atoms with Crippen molar-refractivity contribution in [3.8, 4) is 22.4 Å². The molecule has 0 radical (unpaired) electrons. The minimum absolute atomic E-state index is 0.202. The van der Waals surface area contributed by atoms with Gasteiger partial charge in [-0.15, -0.1) is 0 Å². The Balaban J connectivity index is 1.78. The molecule has 4 heterocycles. The first-order valence-corrected chi connectivity index (χ1v) is 10.4. The van der Waals surface area contributed by atoms with Crippen molar-refractivity contribution < 1.29 is 18.0 Å². The average Bonchev–Trinajstić information content (AvgIpc) is 3.38. The summed E-state index contributed by atoms with van der Waals surface area (Å²) in [5, 5.41) is 5.59. The molecule has 4 aromatic rings. The smallest absolute Gasteiger partial charge is 0.346 e. The van der Waals surface area contributed by atoms with Gasteiger partial charge in [0.05, 0.1) is 24.3 Å². The fourth-order valence-corrected chi connectivity index (χ4v) is 4.39. The van der Waals surface area contributed by atoms with E-state index in [2.05, 4.69) is 16.5 Å². The summed E-state index contributed by atoms with van der Waals surface area (Å²) in [7, 11) is 0. The third-order valence-electron chi connectivity index (χ3n) is 5.97. The maximum atomic E-state index is 13.4. The molecule has 168 valence electrons. The van der Waals surface area contributed by atoms with Gasteiger partial charge in [-0.2, -0.15) is 18.3 Å². The van der Waals surface area contributed by atoms with Gasteiger partial charge in [-0.3, -0.25) is 9.48 Å². The normalized spacial score (nSPS) is 13.9. The van der Waals surface area contributed by atoms with E-state index in [1.165, 1.54) is 12.1 Å². The number of aromatic nitrogens is 4. The number of hydrogen-bond donors (Lipinski definition) is 1. The number of nitrogens with one attached hydrogen (secondary N) is 1. The summed E-state index contributed by atoms with van der Waals surface area (Å²) in [6, 6.07) is 7.02. The molecular formula is C24H20F3N5O. The number of aromatic amines is 1. The van der Waals surface area contributed by atoms with Crippen molar-refractivity contribution in [2.24, 2.45) is 0 Å². The van der Waals surface area contributed by atoms with Crippen LogP contribution in [0.3, 0.4) is 0 Å². The van der Waals surface area contributed by atoms with Gasteiger partial charge in [0.15, 0.2) is 0 Å². The Labute approximate surface area is 187 Å². The molecule has 6 nitrogen and oxygen atoms in total. The highest BCUT2D eigenvalue weighted by molar-refractivity contribution is 6.00. The van der Waals surface area contributed by atoms with Crippen molar-refractivity contribution in [3.63, 3.8) is 0 Å². The lowest BCUT2D eigenvalue weighted by Gasteiger charge is -2.27. The SMILES string of the molecule is C=CC(=O)N1CCn2nc(-c3cccc(C(F)(F)F)c3)c(-c3ccnc4[nH]cc(C)c34)c2C1. The number of benzene rings is 1. The number of nitrogens with zero attached hydrogens (tertiary/aromatic N) is 4. The number of rotatable bonds is 3. The quantitative estimate of drug-likeness (QED) is 0.449. The summed E-state index contributed by atoms with van der Waals surface area (Å²) in [6.45, 7) is 6.66. The van der Waals surface area contributed by atoms with Crippen LogP contribution in [0.2, 0.25) is 0 Å². The Bertz CT molecular complexity index is 1400. The van der Waals surface area contributed by atoms with Crippen LogP contribution in [0, 0.1) is 6.92 Å². The second-order valence-electron chi connectivity index (χ2n) is 7.99. The van der Waals surface area contributed by atoms with Crippen molar-refractivity contribution in [2.75, 3.05) is 6.54 Å². The maximum Gasteiger partial charge on any atom is 0.416 e. The number of amides is 1. The van der Waals surface area contributed by atoms with E-state index in [9.17, 15) is 18.0 Å². The second kappa shape index (κ2) is 7.61. The van der Waals surface area contributed by atoms with Crippen molar-refractivity contribution in [1.29, 1.82) is 0 Å². The predicted octanol–water partition coefficient (Wildman–Crippen LogP) is 4.95. The summed E-state index contributed by atoms with van der Waals surface area (Å²) in [5.41, 5.74) is 3.97. The molecule has 0 saturated heterocycles. The van der Waals surface area contributed by atoms with Crippen LogP contribution in [0.5, 0.6) is 0 Å². The Kier molecular flexibility index (Phi) is 4.84. The molecule has 0 saturated carbocycles. The van der Waals surface area contributed by atoms with Gasteiger partial charge in [0, 0.05) is 35.5 Å². The number of halogens is 3. The van der Waals surface area contributed by atoms with Crippen LogP contribution in [0.25, 0.3) is 33.4 Å². The fourth-order valence-electron chi connectivity index (χ4n) is 4.39. The Morgan fingerprint density at radius 1 is 1.24 bits per heavy atom. The van der Waals surface area contributed by atoms with Gasteiger partial charge in [0.25, 0.3) is 0 Å². The highest BCUT2D eigenvalue weighted by Gasteiger charge is 2.32. The Hall–Kier alpha value is -3.88. The number of alkyl halides is 3. The van der Waals surface area contributed by atoms with Crippen LogP contribution in [0.15, 0.2) is 55.4 Å². The van der Waals surface area contributed by atoms with Crippen molar-refractivity contribution >= 4 is 16.9 Å². The van der Waals surface area contributed by atoms with Gasteiger partial charge in [0.2, 0.25) is 5.91 Å². The third-order valence-corrected chi connectivity index (χ3v) is 5.97. The summed E-state index contributed by atoms with van der Waals surface area (Å²) in [6.07, 6.45) is 0.294. The second-order valence-corrected chi connectivity index (χ2v) is 7.99. The van der Waals surface area contributed by atoms with Gasteiger partial charge in [-0.1, -0.05) is 18.7 Å². The molecule has 1 aliphatic rings. The number of carbonyl (C=O) groups excluding carboxylic acids is 1. The first kappa shape index (κ1) is 21.0. The summed E-state index contributed by atoms with van der Waals surface area (Å²) in [4.78, 5) is 21.5. The molecule has 0 fully saturated rings. The molecule has 0 spiro atoms. The van der Waals surface area contributed by atoms with E-state index in [1.54, 1.807) is 21.8 Å². The number of fused-ring (bicyclic) bond motifs is 2. The number of aryl methyl sites for hydroxylation is 1. The number of hydrogen-bond acceptors (Lipinski definition) is 3. The molecule has 5 rings (SSSR count). The molecule has 1 aromatic carbocycles. The van der Waals surface area contributed by atoms with Gasteiger partial charge in [-0.25, -0.2) is 4.98 Å². The van der Waals surface area contributed by atoms with Crippen molar-refractivity contribution in [2.45, 2.75) is 26.2 Å². The zero-order valence-corrected chi connectivity index (χ0v) is 17.8. The standard InChI is InChI=1S/C24H20F3N5O/c1-3-19(33)31-9-10-32-18(13-31)21(17-7-8-28-23-20(17)14(2)12-29-23)22(30-32)15-5-4-6-16(11-15)24(25,26)27/h3-8,11-12H,1,9-10,13H2,2H3,(H,28,29). The lowest BCUT2D eigenvalue weighted by atomic mass is 9.95. The minimum Gasteiger partial charge on any atom is -0.346 e. The fraction of sp³-hybridized carbons (Fsp3) is 0.208. The molecule has 0 bridgehead atoms. The molecule has 0 atom stereocenters. The first-order valence-electron chi connectivity index (χ1n) is 10.4. The lowest BCUT2D eigenvalue weighted by molar-refractivity contribution is -0.137. The lowest BCUT2D eigenvalue weighted by Crippen LogP contribution is -2.37. The summed E-state index contributed by atoms with van der Waals surface area (Å²) in [5.74, 6) is -0.202. The van der Waals surface area contributed by atoms with Crippen molar-refractivity contribution in [1.82, 2.24) is 24.6 Å². The average molecular weight is 451 g/mol. The molecule has 0 unspecified atom stereocenters. The van der Waals surface area contributed by atoms with E-state index in [0.29, 0.717) is 35.6 Å². The van der Waals surface area contributed by atoms with E-state index in [4.69, 9.17) is 5.10 Å². The van der Waals surface area contributed by atoms with Gasteiger partial charge in [0.1, 0.15) is 11.3 Å². The predicted molar refractivity (Wildman–Crippen MR) is 118 cm³/mol. The monoisotopic (exact) mass is 451 g/mol. The van der Waals surface area contributed by atoms with Crippen molar-refractivity contribution in [3.05, 3.63) is 72.2 Å². The highest BCUT2D eigenvalue weighted by atomic mass is 19.4. The summed E-state index contributed by atoms with van der Waals surface area (Å²) >= 11 is 0. The van der Waals surface area contributed by atoms with Gasteiger partial charge >= 0.3 is 6.18 Å². The number of H-pyrrole nitrogens is 1. The van der Waals surface area contributed by atoms with Crippen LogP contribution in [-0.2, 0) is 24.1 Å². The van der Waals surface area contributed by atoms with E-state index in [-0.39, 0.29) is 12.5 Å². The van der Waals surface area contributed by atoms with E-state index < -0.39 is 11.7 Å². The third kappa shape index (κ3) is 3.49. The van der Waals surface area contributed by atoms with E-state index in [1.807, 2.05) is 19.2 Å². The molecular weight excluding hydrogens is 431 g/mol. The molecule has 1 N–H and O–H groups in total. The first-order chi connectivity index (χ1) is 15.8. The topological polar surface area (TPSA) is 66.8 Å². The number of pyridine rings is 1. The molecule has 1 amide bonds. The molecule has 33 heavy (non-hydrogen) atoms. The van der Waals surface area contributed by atoms with E-state index in [0.717, 1.165) is 34.3 Å². The van der Waals surface area contributed by atoms with Crippen LogP contribution in [-0.4, -0.2) is 37.1 Å². The maximum absolute atomic E-state index is 13.4. The molecule has 0 aliphatic carbocycles. The molecule has 3 aromatic heterocycles. The highest BCUT2D eigenvalue weighted by Crippen LogP contribution is 2.41. The van der Waals surface area contributed by atoms with Crippen LogP contribution in [0.4, 0.5) is 13.2 Å². The largest absolute Gasteiger partial charge is 0.416 e. The molecule has 1 aliphatic heterocycles. The molecule has 9 heteroatoms.